The van der Waals surface area contributed by atoms with Crippen molar-refractivity contribution in [3.63, 3.8) is 0 Å². The van der Waals surface area contributed by atoms with E-state index in [0.29, 0.717) is 41.7 Å². The highest BCUT2D eigenvalue weighted by Crippen LogP contribution is 2.21. The van der Waals surface area contributed by atoms with Gasteiger partial charge in [0.25, 0.3) is 0 Å². The smallest absolute Gasteiger partial charge is 0.239 e. The first-order chi connectivity index (χ1) is 16.0. The minimum absolute atomic E-state index is 0.0797. The number of aromatic nitrogens is 3. The van der Waals surface area contributed by atoms with E-state index in [-0.39, 0.29) is 35.1 Å². The summed E-state index contributed by atoms with van der Waals surface area (Å²) in [7, 11) is 0. The van der Waals surface area contributed by atoms with Gasteiger partial charge in [-0.25, -0.2) is 9.07 Å². The van der Waals surface area contributed by atoms with E-state index >= 15 is 0 Å². The van der Waals surface area contributed by atoms with Crippen molar-refractivity contribution in [2.75, 3.05) is 12.3 Å². The molecule has 0 atom stereocenters. The number of nitrogen functional groups attached to an aromatic ring is 1. The molecule has 9 heteroatoms. The largest absolute Gasteiger partial charge is 0.382 e. The van der Waals surface area contributed by atoms with Crippen LogP contribution in [0.4, 0.5) is 10.2 Å². The SMILES string of the molecule is N#Cc1c(CCCNC(=O)Cn2ccc(=O)c3ccccc32)nn(-c2ccc(F)cc2)c1N. The molecule has 3 N–H and O–H groups in total. The minimum atomic E-state index is -0.379. The van der Waals surface area contributed by atoms with E-state index in [2.05, 4.69) is 16.5 Å². The molecular weight excluding hydrogens is 423 g/mol. The van der Waals surface area contributed by atoms with Crippen LogP contribution in [0, 0.1) is 17.1 Å². The van der Waals surface area contributed by atoms with E-state index in [4.69, 9.17) is 5.73 Å². The fourth-order valence-corrected chi connectivity index (χ4v) is 3.65. The van der Waals surface area contributed by atoms with E-state index in [1.807, 2.05) is 6.07 Å². The predicted octanol–water partition coefficient (Wildman–Crippen LogP) is 2.53. The number of nitriles is 1. The highest BCUT2D eigenvalue weighted by molar-refractivity contribution is 5.82. The summed E-state index contributed by atoms with van der Waals surface area (Å²) in [5.41, 5.74) is 8.01. The first kappa shape index (κ1) is 21.8. The number of rotatable bonds is 7. The molecule has 0 fully saturated rings. The summed E-state index contributed by atoms with van der Waals surface area (Å²) in [5, 5.41) is 17.3. The van der Waals surface area contributed by atoms with Crippen LogP contribution in [-0.2, 0) is 17.8 Å². The van der Waals surface area contributed by atoms with Gasteiger partial charge in [-0.15, -0.1) is 0 Å². The Morgan fingerprint density at radius 3 is 2.67 bits per heavy atom. The Kier molecular flexibility index (Phi) is 6.17. The summed E-state index contributed by atoms with van der Waals surface area (Å²) >= 11 is 0. The zero-order valence-electron chi connectivity index (χ0n) is 17.7. The van der Waals surface area contributed by atoms with Crippen LogP contribution in [0.1, 0.15) is 17.7 Å². The molecule has 8 nitrogen and oxygen atoms in total. The molecule has 0 saturated carbocycles. The topological polar surface area (TPSA) is 119 Å². The zero-order chi connectivity index (χ0) is 23.4. The van der Waals surface area contributed by atoms with Gasteiger partial charge in [-0.1, -0.05) is 12.1 Å². The summed E-state index contributed by atoms with van der Waals surface area (Å²) in [4.78, 5) is 24.4. The number of carbonyl (C=O) groups excluding carboxylic acids is 1. The number of nitrogens with zero attached hydrogens (tertiary/aromatic N) is 4. The third-order valence-corrected chi connectivity index (χ3v) is 5.29. The summed E-state index contributed by atoms with van der Waals surface area (Å²) < 4.78 is 16.3. The van der Waals surface area contributed by atoms with Gasteiger partial charge >= 0.3 is 0 Å². The number of aryl methyl sites for hydroxylation is 1. The number of halogens is 1. The van der Waals surface area contributed by atoms with Gasteiger partial charge < -0.3 is 15.6 Å². The standard InChI is InChI=1S/C24H21FN6O2/c25-16-7-9-17(10-8-16)31-24(27)19(14-26)20(29-31)5-3-12-28-23(33)15-30-13-11-22(32)18-4-1-2-6-21(18)30/h1-2,4,6-11,13H,3,5,12,15,27H2,(H,28,33). The fourth-order valence-electron chi connectivity index (χ4n) is 3.65. The van der Waals surface area contributed by atoms with Crippen LogP contribution >= 0.6 is 0 Å². The molecule has 2 heterocycles. The number of amides is 1. The second-order valence-electron chi connectivity index (χ2n) is 7.49. The third kappa shape index (κ3) is 4.60. The number of carbonyl (C=O) groups is 1. The highest BCUT2D eigenvalue weighted by atomic mass is 19.1. The quantitative estimate of drug-likeness (QED) is 0.425. The van der Waals surface area contributed by atoms with Gasteiger partial charge in [-0.3, -0.25) is 9.59 Å². The van der Waals surface area contributed by atoms with Crippen LogP contribution in [-0.4, -0.2) is 26.8 Å². The maximum absolute atomic E-state index is 13.2. The molecule has 33 heavy (non-hydrogen) atoms. The summed E-state index contributed by atoms with van der Waals surface area (Å²) in [6, 6.07) is 16.3. The normalized spacial score (nSPS) is 10.8. The van der Waals surface area contributed by atoms with E-state index < -0.39 is 0 Å². The number of benzene rings is 2. The van der Waals surface area contributed by atoms with Crippen LogP contribution in [0.25, 0.3) is 16.6 Å². The van der Waals surface area contributed by atoms with Crippen molar-refractivity contribution in [3.8, 4) is 11.8 Å². The van der Waals surface area contributed by atoms with Crippen molar-refractivity contribution >= 4 is 22.6 Å². The maximum atomic E-state index is 13.2. The molecule has 0 aliphatic heterocycles. The predicted molar refractivity (Wildman–Crippen MR) is 122 cm³/mol. The van der Waals surface area contributed by atoms with Crippen molar-refractivity contribution in [1.29, 1.82) is 5.26 Å². The number of hydrogen-bond acceptors (Lipinski definition) is 5. The van der Waals surface area contributed by atoms with Crippen LogP contribution in [0.2, 0.25) is 0 Å². The Labute approximate surface area is 188 Å². The molecule has 0 bridgehead atoms. The zero-order valence-corrected chi connectivity index (χ0v) is 17.7. The monoisotopic (exact) mass is 444 g/mol. The number of para-hydroxylation sites is 1. The number of fused-ring (bicyclic) bond motifs is 1. The van der Waals surface area contributed by atoms with Crippen LogP contribution in [0.3, 0.4) is 0 Å². The van der Waals surface area contributed by atoms with Crippen LogP contribution in [0.15, 0.2) is 65.6 Å². The third-order valence-electron chi connectivity index (χ3n) is 5.29. The average Bonchev–Trinajstić information content (AvgIpc) is 3.14. The Morgan fingerprint density at radius 1 is 1.15 bits per heavy atom. The van der Waals surface area contributed by atoms with Crippen molar-refractivity contribution < 1.29 is 9.18 Å². The fraction of sp³-hybridized carbons (Fsp3) is 0.167. The van der Waals surface area contributed by atoms with Gasteiger partial charge in [0.1, 0.15) is 29.8 Å². The minimum Gasteiger partial charge on any atom is -0.382 e. The molecule has 0 aliphatic rings. The molecule has 0 saturated heterocycles. The Bertz CT molecular complexity index is 1420. The number of hydrogen-bond donors (Lipinski definition) is 2. The number of pyridine rings is 1. The van der Waals surface area contributed by atoms with Gasteiger partial charge in [0.05, 0.1) is 16.9 Å². The van der Waals surface area contributed by atoms with Crippen LogP contribution in [0.5, 0.6) is 0 Å². The molecule has 2 aromatic heterocycles. The lowest BCUT2D eigenvalue weighted by Crippen LogP contribution is -2.29. The molecule has 4 rings (SSSR count). The van der Waals surface area contributed by atoms with Gasteiger partial charge in [0, 0.05) is 24.2 Å². The van der Waals surface area contributed by atoms with Crippen molar-refractivity contribution in [1.82, 2.24) is 19.7 Å². The van der Waals surface area contributed by atoms with Crippen molar-refractivity contribution in [2.45, 2.75) is 19.4 Å². The lowest BCUT2D eigenvalue weighted by atomic mass is 10.1. The highest BCUT2D eigenvalue weighted by Gasteiger charge is 2.16. The maximum Gasteiger partial charge on any atom is 0.239 e. The number of nitrogens with two attached hydrogens (primary N) is 1. The lowest BCUT2D eigenvalue weighted by molar-refractivity contribution is -0.121. The van der Waals surface area contributed by atoms with E-state index in [1.165, 1.54) is 35.0 Å². The second-order valence-corrected chi connectivity index (χ2v) is 7.49. The molecule has 0 aliphatic carbocycles. The van der Waals surface area contributed by atoms with E-state index in [0.717, 1.165) is 0 Å². The molecular formula is C24H21FN6O2. The second kappa shape index (κ2) is 9.36. The summed E-state index contributed by atoms with van der Waals surface area (Å²) in [6.45, 7) is 0.460. The van der Waals surface area contributed by atoms with Gasteiger partial charge in [-0.2, -0.15) is 10.4 Å². The Balaban J connectivity index is 1.38. The molecule has 0 unspecified atom stereocenters. The average molecular weight is 444 g/mol. The van der Waals surface area contributed by atoms with Crippen LogP contribution < -0.4 is 16.5 Å². The summed E-state index contributed by atoms with van der Waals surface area (Å²) in [5.74, 6) is -0.384. The van der Waals surface area contributed by atoms with Gasteiger partial charge in [-0.05, 0) is 49.2 Å². The molecule has 4 aromatic rings. The van der Waals surface area contributed by atoms with Gasteiger partial charge in [0.15, 0.2) is 5.43 Å². The molecule has 0 spiro atoms. The van der Waals surface area contributed by atoms with Crippen molar-refractivity contribution in [2.24, 2.45) is 0 Å². The van der Waals surface area contributed by atoms with Gasteiger partial charge in [0.2, 0.25) is 5.91 Å². The van der Waals surface area contributed by atoms with Crippen molar-refractivity contribution in [3.05, 3.63) is 88.1 Å². The van der Waals surface area contributed by atoms with E-state index in [9.17, 15) is 19.2 Å². The Hall–Kier alpha value is -4.45. The lowest BCUT2D eigenvalue weighted by Gasteiger charge is -2.11. The Morgan fingerprint density at radius 2 is 1.91 bits per heavy atom. The molecule has 1 amide bonds. The first-order valence-electron chi connectivity index (χ1n) is 10.4. The molecule has 2 aromatic carbocycles. The number of anilines is 1. The molecule has 166 valence electrons. The molecule has 0 radical (unpaired) electrons. The number of nitrogens with one attached hydrogen (secondary N) is 1. The van der Waals surface area contributed by atoms with E-state index in [1.54, 1.807) is 29.0 Å². The first-order valence-corrected chi connectivity index (χ1v) is 10.4. The summed E-state index contributed by atoms with van der Waals surface area (Å²) in [6.07, 6.45) is 2.59.